The van der Waals surface area contributed by atoms with Crippen molar-refractivity contribution in [2.75, 3.05) is 0 Å². The van der Waals surface area contributed by atoms with Crippen LogP contribution in [0.2, 0.25) is 0 Å². The third-order valence-electron chi connectivity index (χ3n) is 3.54. The molecule has 2 heterocycles. The predicted molar refractivity (Wildman–Crippen MR) is 105 cm³/mol. The van der Waals surface area contributed by atoms with Gasteiger partial charge >= 0.3 is 0 Å². The van der Waals surface area contributed by atoms with Crippen LogP contribution in [0.1, 0.15) is 97.6 Å². The lowest BCUT2D eigenvalue weighted by molar-refractivity contribution is 0.362. The minimum atomic E-state index is 0. The molecule has 0 saturated heterocycles. The van der Waals surface area contributed by atoms with Crippen LogP contribution in [0.15, 0.2) is 21.2 Å². The maximum atomic E-state index is 5.19. The highest BCUT2D eigenvalue weighted by Crippen LogP contribution is 2.17. The van der Waals surface area contributed by atoms with Crippen molar-refractivity contribution >= 4 is 0 Å². The Morgan fingerprint density at radius 1 is 0.760 bits per heavy atom. The molecule has 144 valence electrons. The normalized spacial score (nSPS) is 11.0. The lowest BCUT2D eigenvalue weighted by Gasteiger charge is -1.97. The van der Waals surface area contributed by atoms with Crippen molar-refractivity contribution in [3.63, 3.8) is 0 Å². The third-order valence-corrected chi connectivity index (χ3v) is 3.54. The van der Waals surface area contributed by atoms with E-state index in [9.17, 15) is 0 Å². The van der Waals surface area contributed by atoms with Gasteiger partial charge in [0.2, 0.25) is 0 Å². The van der Waals surface area contributed by atoms with E-state index in [0.717, 1.165) is 35.7 Å². The van der Waals surface area contributed by atoms with Gasteiger partial charge in [-0.2, -0.15) is 0 Å². The molecular weight excluding hydrogens is 312 g/mol. The van der Waals surface area contributed by atoms with Crippen molar-refractivity contribution < 1.29 is 9.05 Å². The summed E-state index contributed by atoms with van der Waals surface area (Å²) in [5.74, 6) is 4.19. The number of hydrogen-bond donors (Lipinski definition) is 0. The molecule has 0 aliphatic heterocycles. The van der Waals surface area contributed by atoms with E-state index in [1.807, 2.05) is 0 Å². The first-order chi connectivity index (χ1) is 11.2. The topological polar surface area (TPSA) is 52.1 Å². The molecular formula is C21H38N2O2. The van der Waals surface area contributed by atoms with E-state index < -0.39 is 0 Å². The van der Waals surface area contributed by atoms with Crippen LogP contribution in [0, 0.1) is 11.8 Å². The van der Waals surface area contributed by atoms with Gasteiger partial charge in [-0.25, -0.2) is 0 Å². The standard InChI is InChI=1S/2C10H17NO.CH4/c1-7(2)5-9-6-10(8(3)4)11-12-9;1-7(2)5-9-6-10(8(3)4)12-11-9;/h2*6-8H,5H2,1-4H3;1H4. The minimum absolute atomic E-state index is 0. The molecule has 2 aromatic heterocycles. The third kappa shape index (κ3) is 8.89. The Balaban J connectivity index is 0.000000443. The zero-order valence-corrected chi connectivity index (χ0v) is 16.6. The summed E-state index contributed by atoms with van der Waals surface area (Å²) < 4.78 is 10.4. The van der Waals surface area contributed by atoms with E-state index in [1.54, 1.807) is 0 Å². The van der Waals surface area contributed by atoms with Crippen LogP contribution < -0.4 is 0 Å². The zero-order chi connectivity index (χ0) is 18.3. The highest BCUT2D eigenvalue weighted by atomic mass is 16.5. The molecule has 0 fully saturated rings. The quantitative estimate of drug-likeness (QED) is 0.586. The van der Waals surface area contributed by atoms with Gasteiger partial charge in [0.05, 0.1) is 11.4 Å². The lowest BCUT2D eigenvalue weighted by Crippen LogP contribution is -1.93. The smallest absolute Gasteiger partial charge is 0.139 e. The fraction of sp³-hybridized carbons (Fsp3) is 0.714. The number of aromatic nitrogens is 2. The SMILES string of the molecule is C.CC(C)Cc1cc(C(C)C)no1.CC(C)Cc1cc(C(C)C)on1. The van der Waals surface area contributed by atoms with Crippen LogP contribution >= 0.6 is 0 Å². The van der Waals surface area contributed by atoms with E-state index >= 15 is 0 Å². The number of nitrogens with zero attached hydrogens (tertiary/aromatic N) is 2. The van der Waals surface area contributed by atoms with Gasteiger partial charge in [0.15, 0.2) is 0 Å². The predicted octanol–water partition coefficient (Wildman–Crippen LogP) is 6.63. The molecule has 0 saturated carbocycles. The summed E-state index contributed by atoms with van der Waals surface area (Å²) in [6.45, 7) is 17.2. The molecule has 0 atom stereocenters. The van der Waals surface area contributed by atoms with Gasteiger partial charge in [0, 0.05) is 24.5 Å². The van der Waals surface area contributed by atoms with E-state index in [-0.39, 0.29) is 7.43 Å². The second-order valence-corrected chi connectivity index (χ2v) is 7.94. The summed E-state index contributed by atoms with van der Waals surface area (Å²) in [5, 5.41) is 8.00. The molecule has 4 nitrogen and oxygen atoms in total. The summed E-state index contributed by atoms with van der Waals surface area (Å²) >= 11 is 0. The molecule has 4 heteroatoms. The first kappa shape index (κ1) is 23.4. The van der Waals surface area contributed by atoms with Crippen LogP contribution in [0.25, 0.3) is 0 Å². The maximum absolute atomic E-state index is 5.19. The van der Waals surface area contributed by atoms with Gasteiger partial charge in [0.1, 0.15) is 11.5 Å². The Morgan fingerprint density at radius 2 is 1.36 bits per heavy atom. The lowest BCUT2D eigenvalue weighted by atomic mass is 10.1. The van der Waals surface area contributed by atoms with E-state index in [4.69, 9.17) is 9.05 Å². The Kier molecular flexibility index (Phi) is 10.4. The average molecular weight is 351 g/mol. The van der Waals surface area contributed by atoms with Crippen molar-refractivity contribution in [2.45, 2.75) is 87.5 Å². The minimum Gasteiger partial charge on any atom is -0.361 e. The first-order valence-electron chi connectivity index (χ1n) is 9.10. The van der Waals surface area contributed by atoms with Gasteiger partial charge in [-0.15, -0.1) is 0 Å². The monoisotopic (exact) mass is 350 g/mol. The van der Waals surface area contributed by atoms with Crippen molar-refractivity contribution in [2.24, 2.45) is 11.8 Å². The first-order valence-corrected chi connectivity index (χ1v) is 9.10. The molecule has 0 radical (unpaired) electrons. The van der Waals surface area contributed by atoms with E-state index in [2.05, 4.69) is 77.8 Å². The molecule has 0 aromatic carbocycles. The van der Waals surface area contributed by atoms with Gasteiger partial charge in [-0.05, 0) is 24.2 Å². The fourth-order valence-electron chi connectivity index (χ4n) is 2.21. The van der Waals surface area contributed by atoms with Gasteiger partial charge in [0.25, 0.3) is 0 Å². The highest BCUT2D eigenvalue weighted by molar-refractivity contribution is 5.09. The molecule has 2 aromatic rings. The molecule has 0 aliphatic rings. The highest BCUT2D eigenvalue weighted by Gasteiger charge is 2.09. The molecule has 0 amide bonds. The molecule has 0 aliphatic carbocycles. The molecule has 25 heavy (non-hydrogen) atoms. The van der Waals surface area contributed by atoms with Crippen molar-refractivity contribution in [3.05, 3.63) is 35.0 Å². The van der Waals surface area contributed by atoms with Gasteiger partial charge < -0.3 is 9.05 Å². The summed E-state index contributed by atoms with van der Waals surface area (Å²) in [7, 11) is 0. The Hall–Kier alpha value is -1.58. The summed E-state index contributed by atoms with van der Waals surface area (Å²) in [6, 6.07) is 4.12. The van der Waals surface area contributed by atoms with Crippen molar-refractivity contribution in [1.29, 1.82) is 0 Å². The molecule has 2 rings (SSSR count). The van der Waals surface area contributed by atoms with Crippen LogP contribution in [0.5, 0.6) is 0 Å². The maximum Gasteiger partial charge on any atom is 0.139 e. The Morgan fingerprint density at radius 3 is 1.76 bits per heavy atom. The summed E-state index contributed by atoms with van der Waals surface area (Å²) in [6.07, 6.45) is 2.00. The largest absolute Gasteiger partial charge is 0.361 e. The second-order valence-electron chi connectivity index (χ2n) is 7.94. The average Bonchev–Trinajstić information content (AvgIpc) is 3.07. The summed E-state index contributed by atoms with van der Waals surface area (Å²) in [4.78, 5) is 0. The van der Waals surface area contributed by atoms with Gasteiger partial charge in [-0.3, -0.25) is 0 Å². The molecule has 0 unspecified atom stereocenters. The van der Waals surface area contributed by atoms with Crippen molar-refractivity contribution in [1.82, 2.24) is 10.3 Å². The molecule has 0 spiro atoms. The molecule has 0 N–H and O–H groups in total. The Labute approximate surface area is 154 Å². The summed E-state index contributed by atoms with van der Waals surface area (Å²) in [5.41, 5.74) is 2.14. The zero-order valence-electron chi connectivity index (χ0n) is 16.6. The number of rotatable bonds is 6. The van der Waals surface area contributed by atoms with Crippen LogP contribution in [0.4, 0.5) is 0 Å². The Bertz CT molecular complexity index is 528. The second kappa shape index (κ2) is 11.1. The number of hydrogen-bond acceptors (Lipinski definition) is 4. The van der Waals surface area contributed by atoms with Gasteiger partial charge in [-0.1, -0.05) is 73.1 Å². The van der Waals surface area contributed by atoms with E-state index in [0.29, 0.717) is 23.7 Å². The molecule has 0 bridgehead atoms. The van der Waals surface area contributed by atoms with Crippen LogP contribution in [-0.4, -0.2) is 10.3 Å². The van der Waals surface area contributed by atoms with E-state index in [1.165, 1.54) is 0 Å². The van der Waals surface area contributed by atoms with Crippen LogP contribution in [-0.2, 0) is 12.8 Å². The van der Waals surface area contributed by atoms with Crippen LogP contribution in [0.3, 0.4) is 0 Å². The fourth-order valence-corrected chi connectivity index (χ4v) is 2.21. The van der Waals surface area contributed by atoms with Crippen molar-refractivity contribution in [3.8, 4) is 0 Å².